The number of amides is 1. The highest BCUT2D eigenvalue weighted by Gasteiger charge is 2.10. The van der Waals surface area contributed by atoms with Crippen molar-refractivity contribution in [2.24, 2.45) is 0 Å². The molecule has 6 heteroatoms. The van der Waals surface area contributed by atoms with E-state index >= 15 is 0 Å². The zero-order valence-electron chi connectivity index (χ0n) is 13.0. The number of hydrogen-bond donors (Lipinski definition) is 2. The SMILES string of the molecule is Cc1c(Cl)cccc1NC(=O)c1cnc(Nc2ccccc2)nc1. The van der Waals surface area contributed by atoms with E-state index in [0.29, 0.717) is 22.2 Å². The Kier molecular flexibility index (Phi) is 4.72. The molecule has 0 saturated heterocycles. The lowest BCUT2D eigenvalue weighted by Crippen LogP contribution is -2.14. The highest BCUT2D eigenvalue weighted by atomic mass is 35.5. The van der Waals surface area contributed by atoms with Gasteiger partial charge in [0.1, 0.15) is 0 Å². The summed E-state index contributed by atoms with van der Waals surface area (Å²) >= 11 is 6.06. The Balaban J connectivity index is 1.71. The fourth-order valence-corrected chi connectivity index (χ4v) is 2.27. The molecule has 0 unspecified atom stereocenters. The summed E-state index contributed by atoms with van der Waals surface area (Å²) in [5.41, 5.74) is 2.73. The Morgan fingerprint density at radius 3 is 2.42 bits per heavy atom. The lowest BCUT2D eigenvalue weighted by atomic mass is 10.2. The third kappa shape index (κ3) is 3.70. The Morgan fingerprint density at radius 1 is 1.00 bits per heavy atom. The maximum absolute atomic E-state index is 12.3. The van der Waals surface area contributed by atoms with Crippen LogP contribution in [-0.4, -0.2) is 15.9 Å². The number of carbonyl (C=O) groups is 1. The second-order valence-corrected chi connectivity index (χ2v) is 5.56. The van der Waals surface area contributed by atoms with Gasteiger partial charge in [-0.3, -0.25) is 4.79 Å². The predicted molar refractivity (Wildman–Crippen MR) is 95.9 cm³/mol. The highest BCUT2D eigenvalue weighted by Crippen LogP contribution is 2.23. The molecular formula is C18H15ClN4O. The van der Waals surface area contributed by atoms with Crippen molar-refractivity contribution >= 4 is 34.8 Å². The second-order valence-electron chi connectivity index (χ2n) is 5.15. The Hall–Kier alpha value is -2.92. The van der Waals surface area contributed by atoms with E-state index < -0.39 is 0 Å². The van der Waals surface area contributed by atoms with Crippen LogP contribution in [0.1, 0.15) is 15.9 Å². The zero-order valence-corrected chi connectivity index (χ0v) is 13.7. The van der Waals surface area contributed by atoms with Crippen LogP contribution in [0.2, 0.25) is 5.02 Å². The van der Waals surface area contributed by atoms with E-state index in [1.807, 2.05) is 37.3 Å². The van der Waals surface area contributed by atoms with E-state index in [9.17, 15) is 4.79 Å². The maximum atomic E-state index is 12.3. The monoisotopic (exact) mass is 338 g/mol. The summed E-state index contributed by atoms with van der Waals surface area (Å²) in [6.07, 6.45) is 2.96. The molecule has 5 nitrogen and oxygen atoms in total. The van der Waals surface area contributed by atoms with Crippen molar-refractivity contribution < 1.29 is 4.79 Å². The van der Waals surface area contributed by atoms with Crippen LogP contribution < -0.4 is 10.6 Å². The van der Waals surface area contributed by atoms with Crippen LogP contribution in [0, 0.1) is 6.92 Å². The van der Waals surface area contributed by atoms with Crippen molar-refractivity contribution in [1.29, 1.82) is 0 Å². The molecule has 0 saturated carbocycles. The predicted octanol–water partition coefficient (Wildman–Crippen LogP) is 4.43. The molecule has 24 heavy (non-hydrogen) atoms. The number of rotatable bonds is 4. The fraction of sp³-hybridized carbons (Fsp3) is 0.0556. The van der Waals surface area contributed by atoms with Gasteiger partial charge in [-0.15, -0.1) is 0 Å². The number of carbonyl (C=O) groups excluding carboxylic acids is 1. The number of hydrogen-bond acceptors (Lipinski definition) is 4. The summed E-state index contributed by atoms with van der Waals surface area (Å²) < 4.78 is 0. The topological polar surface area (TPSA) is 66.9 Å². The van der Waals surface area contributed by atoms with E-state index in [2.05, 4.69) is 20.6 Å². The largest absolute Gasteiger partial charge is 0.324 e. The van der Waals surface area contributed by atoms with Crippen molar-refractivity contribution in [1.82, 2.24) is 9.97 Å². The van der Waals surface area contributed by atoms with E-state index in [1.165, 1.54) is 12.4 Å². The molecule has 0 bridgehead atoms. The molecule has 2 aromatic carbocycles. The molecule has 1 heterocycles. The van der Waals surface area contributed by atoms with Gasteiger partial charge < -0.3 is 10.6 Å². The number of halogens is 1. The molecule has 120 valence electrons. The summed E-state index contributed by atoms with van der Waals surface area (Å²) in [7, 11) is 0. The highest BCUT2D eigenvalue weighted by molar-refractivity contribution is 6.31. The van der Waals surface area contributed by atoms with Crippen LogP contribution in [0.25, 0.3) is 0 Å². The summed E-state index contributed by atoms with van der Waals surface area (Å²) in [6.45, 7) is 1.85. The van der Waals surface area contributed by atoms with Crippen molar-refractivity contribution in [2.45, 2.75) is 6.92 Å². The summed E-state index contributed by atoms with van der Waals surface area (Å²) in [4.78, 5) is 20.6. The molecule has 0 radical (unpaired) electrons. The summed E-state index contributed by atoms with van der Waals surface area (Å²) in [5, 5.41) is 6.48. The van der Waals surface area contributed by atoms with Gasteiger partial charge >= 0.3 is 0 Å². The lowest BCUT2D eigenvalue weighted by molar-refractivity contribution is 0.102. The number of nitrogens with one attached hydrogen (secondary N) is 2. The van der Waals surface area contributed by atoms with Gasteiger partial charge in [-0.1, -0.05) is 35.9 Å². The first kappa shape index (κ1) is 16.0. The van der Waals surface area contributed by atoms with Crippen molar-refractivity contribution in [3.8, 4) is 0 Å². The van der Waals surface area contributed by atoms with Crippen molar-refractivity contribution in [3.63, 3.8) is 0 Å². The van der Waals surface area contributed by atoms with E-state index in [0.717, 1.165) is 11.3 Å². The number of benzene rings is 2. The van der Waals surface area contributed by atoms with Gasteiger partial charge in [-0.05, 0) is 36.8 Å². The van der Waals surface area contributed by atoms with Gasteiger partial charge in [0.05, 0.1) is 5.56 Å². The molecule has 3 rings (SSSR count). The molecule has 0 aliphatic rings. The number of anilines is 3. The standard InChI is InChI=1S/C18H15ClN4O/c1-12-15(19)8-5-9-16(12)23-17(24)13-10-20-18(21-11-13)22-14-6-3-2-4-7-14/h2-11H,1H3,(H,23,24)(H,20,21,22). The third-order valence-electron chi connectivity index (χ3n) is 3.46. The molecule has 0 spiro atoms. The number of aromatic nitrogens is 2. The molecule has 2 N–H and O–H groups in total. The van der Waals surface area contributed by atoms with Crippen LogP contribution >= 0.6 is 11.6 Å². The van der Waals surface area contributed by atoms with Crippen molar-refractivity contribution in [2.75, 3.05) is 10.6 Å². The van der Waals surface area contributed by atoms with Gasteiger partial charge in [-0.2, -0.15) is 0 Å². The van der Waals surface area contributed by atoms with Crippen LogP contribution in [0.4, 0.5) is 17.3 Å². The third-order valence-corrected chi connectivity index (χ3v) is 3.87. The van der Waals surface area contributed by atoms with Crippen LogP contribution in [0.5, 0.6) is 0 Å². The first-order valence-electron chi connectivity index (χ1n) is 7.34. The average molecular weight is 339 g/mol. The van der Waals surface area contributed by atoms with Gasteiger partial charge in [0, 0.05) is 28.8 Å². The molecule has 0 aliphatic heterocycles. The van der Waals surface area contributed by atoms with Gasteiger partial charge in [0.25, 0.3) is 5.91 Å². The minimum Gasteiger partial charge on any atom is -0.324 e. The van der Waals surface area contributed by atoms with Gasteiger partial charge in [0.15, 0.2) is 0 Å². The van der Waals surface area contributed by atoms with Crippen LogP contribution in [0.15, 0.2) is 60.9 Å². The number of nitrogens with zero attached hydrogens (tertiary/aromatic N) is 2. The summed E-state index contributed by atoms with van der Waals surface area (Å²) in [5.74, 6) is 0.142. The van der Waals surface area contributed by atoms with E-state index in [-0.39, 0.29) is 5.91 Å². The minimum atomic E-state index is -0.286. The summed E-state index contributed by atoms with van der Waals surface area (Å²) in [6, 6.07) is 14.9. The van der Waals surface area contributed by atoms with Gasteiger partial charge in [-0.25, -0.2) is 9.97 Å². The maximum Gasteiger partial charge on any atom is 0.258 e. The molecule has 0 fully saturated rings. The zero-order chi connectivity index (χ0) is 16.9. The normalized spacial score (nSPS) is 10.2. The van der Waals surface area contributed by atoms with E-state index in [1.54, 1.807) is 18.2 Å². The van der Waals surface area contributed by atoms with Gasteiger partial charge in [0.2, 0.25) is 5.95 Å². The fourth-order valence-electron chi connectivity index (χ4n) is 2.10. The minimum absolute atomic E-state index is 0.286. The molecule has 0 aliphatic carbocycles. The van der Waals surface area contributed by atoms with Crippen LogP contribution in [-0.2, 0) is 0 Å². The molecule has 0 atom stereocenters. The molecule has 3 aromatic rings. The average Bonchev–Trinajstić information content (AvgIpc) is 2.60. The quantitative estimate of drug-likeness (QED) is 0.738. The van der Waals surface area contributed by atoms with Crippen LogP contribution in [0.3, 0.4) is 0 Å². The van der Waals surface area contributed by atoms with E-state index in [4.69, 9.17) is 11.6 Å². The number of para-hydroxylation sites is 1. The Bertz CT molecular complexity index is 851. The first-order chi connectivity index (χ1) is 11.6. The Morgan fingerprint density at radius 2 is 1.71 bits per heavy atom. The smallest absolute Gasteiger partial charge is 0.258 e. The second kappa shape index (κ2) is 7.10. The molecule has 1 aromatic heterocycles. The lowest BCUT2D eigenvalue weighted by Gasteiger charge is -2.09. The molecule has 1 amide bonds. The first-order valence-corrected chi connectivity index (χ1v) is 7.72. The Labute approximate surface area is 144 Å². The molecular weight excluding hydrogens is 324 g/mol. The van der Waals surface area contributed by atoms with Crippen molar-refractivity contribution in [3.05, 3.63) is 77.1 Å².